The Morgan fingerprint density at radius 1 is 1.09 bits per heavy atom. The van der Waals surface area contributed by atoms with Crippen LogP contribution in [-0.4, -0.2) is 66.6 Å². The van der Waals surface area contributed by atoms with E-state index in [9.17, 15) is 18.0 Å². The number of carbonyl (C=O) groups is 2. The molecule has 1 saturated carbocycles. The fourth-order valence-corrected chi connectivity index (χ4v) is 6.64. The van der Waals surface area contributed by atoms with E-state index in [4.69, 9.17) is 10.1 Å². The third-order valence-electron chi connectivity index (χ3n) is 7.30. The number of amides is 2. The highest BCUT2D eigenvalue weighted by atomic mass is 32.2. The quantitative estimate of drug-likeness (QED) is 0.515. The Morgan fingerprint density at radius 3 is 2.32 bits per heavy atom. The van der Waals surface area contributed by atoms with Gasteiger partial charge in [0.05, 0.1) is 5.75 Å². The van der Waals surface area contributed by atoms with Gasteiger partial charge >= 0.3 is 6.09 Å². The Kier molecular flexibility index (Phi) is 7.57. The van der Waals surface area contributed by atoms with Crippen LogP contribution in [0.2, 0.25) is 0 Å². The number of carboxylic acid groups (broad SMARTS) is 1. The molecule has 2 amide bonds. The van der Waals surface area contributed by atoms with Gasteiger partial charge in [0, 0.05) is 25.6 Å². The number of aliphatic imine (C=N–C) groups is 1. The maximum Gasteiger partial charge on any atom is 0.404 e. The minimum absolute atomic E-state index is 0.0166. The summed E-state index contributed by atoms with van der Waals surface area (Å²) in [5.41, 5.74) is 1.11. The van der Waals surface area contributed by atoms with E-state index in [1.807, 2.05) is 24.3 Å². The summed E-state index contributed by atoms with van der Waals surface area (Å²) >= 11 is 0. The normalized spacial score (nSPS) is 21.3. The first kappa shape index (κ1) is 24.7. The number of piperidine rings is 1. The molecule has 2 fully saturated rings. The van der Waals surface area contributed by atoms with Gasteiger partial charge in [0.15, 0.2) is 0 Å². The van der Waals surface area contributed by atoms with Gasteiger partial charge in [-0.3, -0.25) is 9.79 Å². The molecule has 3 N–H and O–H groups in total. The Bertz CT molecular complexity index is 1020. The highest BCUT2D eigenvalue weighted by Gasteiger charge is 2.48. The third-order valence-corrected chi connectivity index (χ3v) is 9.17. The lowest BCUT2D eigenvalue weighted by molar-refractivity contribution is -0.125. The van der Waals surface area contributed by atoms with Crippen LogP contribution in [0.4, 0.5) is 4.79 Å². The number of hydrogen-bond acceptors (Lipinski definition) is 5. The molecule has 3 aliphatic rings. The summed E-state index contributed by atoms with van der Waals surface area (Å²) in [4.78, 5) is 28.1. The number of carbonyl (C=O) groups excluding carboxylic acids is 1. The molecule has 2 heterocycles. The highest BCUT2D eigenvalue weighted by Crippen LogP contribution is 2.34. The predicted octanol–water partition coefficient (Wildman–Crippen LogP) is 2.31. The van der Waals surface area contributed by atoms with Gasteiger partial charge in [-0.2, -0.15) is 0 Å². The van der Waals surface area contributed by atoms with Crippen molar-refractivity contribution in [1.82, 2.24) is 14.9 Å². The maximum atomic E-state index is 13.0. The predicted molar refractivity (Wildman–Crippen MR) is 129 cm³/mol. The van der Waals surface area contributed by atoms with Crippen LogP contribution in [0.5, 0.6) is 0 Å². The van der Waals surface area contributed by atoms with Crippen molar-refractivity contribution in [2.75, 3.05) is 25.4 Å². The molecule has 10 heteroatoms. The molecule has 1 aliphatic carbocycles. The number of nitrogens with zero attached hydrogens (tertiary/aromatic N) is 2. The molecule has 4 rings (SSSR count). The SMILES string of the molecule is O=C(O)NCCc1ccc(CCS(=O)(=O)N2CCC3(CC2)N=C(C2CCCCC2)NC3=O)cc1. The van der Waals surface area contributed by atoms with Gasteiger partial charge in [-0.1, -0.05) is 43.5 Å². The molecule has 0 aromatic heterocycles. The molecular weight excluding hydrogens is 456 g/mol. The lowest BCUT2D eigenvalue weighted by atomic mass is 9.88. The van der Waals surface area contributed by atoms with Crippen molar-refractivity contribution in [2.24, 2.45) is 10.9 Å². The van der Waals surface area contributed by atoms with E-state index in [0.717, 1.165) is 29.8 Å². The van der Waals surface area contributed by atoms with E-state index in [1.165, 1.54) is 23.6 Å². The standard InChI is InChI=1S/C24H34N4O5S/c29-22-24(27-21(26-22)20-4-2-1-3-5-20)12-15-28(16-13-24)34(32,33)17-11-19-8-6-18(7-9-19)10-14-25-23(30)31/h6-9,20,25H,1-5,10-17H2,(H,30,31)(H,26,27,29). The average Bonchev–Trinajstić information content (AvgIpc) is 3.15. The second-order valence-corrected chi connectivity index (χ2v) is 11.7. The number of rotatable bonds is 8. The summed E-state index contributed by atoms with van der Waals surface area (Å²) in [6.45, 7) is 0.961. The van der Waals surface area contributed by atoms with Crippen molar-refractivity contribution in [3.8, 4) is 0 Å². The topological polar surface area (TPSA) is 128 Å². The number of amidine groups is 1. The first-order valence-electron chi connectivity index (χ1n) is 12.2. The zero-order valence-electron chi connectivity index (χ0n) is 19.5. The summed E-state index contributed by atoms with van der Waals surface area (Å²) in [6, 6.07) is 7.58. The highest BCUT2D eigenvalue weighted by molar-refractivity contribution is 7.89. The molecule has 0 unspecified atom stereocenters. The zero-order chi connectivity index (χ0) is 24.2. The van der Waals surface area contributed by atoms with Crippen molar-refractivity contribution in [3.63, 3.8) is 0 Å². The lowest BCUT2D eigenvalue weighted by Crippen LogP contribution is -2.51. The smallest absolute Gasteiger partial charge is 0.404 e. The van der Waals surface area contributed by atoms with Gasteiger partial charge < -0.3 is 15.7 Å². The van der Waals surface area contributed by atoms with Crippen molar-refractivity contribution < 1.29 is 23.1 Å². The fourth-order valence-electron chi connectivity index (χ4n) is 5.15. The van der Waals surface area contributed by atoms with Crippen molar-refractivity contribution in [3.05, 3.63) is 35.4 Å². The summed E-state index contributed by atoms with van der Waals surface area (Å²) in [5, 5.41) is 14.0. The molecule has 1 aromatic carbocycles. The van der Waals surface area contributed by atoms with Crippen LogP contribution in [0.25, 0.3) is 0 Å². The molecule has 0 radical (unpaired) electrons. The zero-order valence-corrected chi connectivity index (χ0v) is 20.3. The second kappa shape index (κ2) is 10.4. The Hall–Kier alpha value is -2.46. The molecule has 1 spiro atoms. The second-order valence-electron chi connectivity index (χ2n) is 9.58. The van der Waals surface area contributed by atoms with E-state index >= 15 is 0 Å². The van der Waals surface area contributed by atoms with Gasteiger partial charge in [0.2, 0.25) is 10.0 Å². The van der Waals surface area contributed by atoms with E-state index in [1.54, 1.807) is 0 Å². The van der Waals surface area contributed by atoms with Crippen LogP contribution >= 0.6 is 0 Å². The molecule has 0 bridgehead atoms. The lowest BCUT2D eigenvalue weighted by Gasteiger charge is -2.34. The van der Waals surface area contributed by atoms with Gasteiger partial charge in [-0.25, -0.2) is 17.5 Å². The van der Waals surface area contributed by atoms with Crippen molar-refractivity contribution in [1.29, 1.82) is 0 Å². The first-order valence-corrected chi connectivity index (χ1v) is 13.8. The molecule has 0 atom stereocenters. The van der Waals surface area contributed by atoms with Gasteiger partial charge in [-0.15, -0.1) is 0 Å². The third kappa shape index (κ3) is 5.78. The van der Waals surface area contributed by atoms with E-state index in [2.05, 4.69) is 10.6 Å². The van der Waals surface area contributed by atoms with Gasteiger partial charge in [0.25, 0.3) is 5.91 Å². The molecule has 34 heavy (non-hydrogen) atoms. The van der Waals surface area contributed by atoms with Crippen LogP contribution in [0.3, 0.4) is 0 Å². The fraction of sp³-hybridized carbons (Fsp3) is 0.625. The summed E-state index contributed by atoms with van der Waals surface area (Å²) in [5.74, 6) is 1.11. The molecular formula is C24H34N4O5S. The average molecular weight is 491 g/mol. The van der Waals surface area contributed by atoms with E-state index < -0.39 is 21.7 Å². The number of sulfonamides is 1. The molecule has 1 saturated heterocycles. The van der Waals surface area contributed by atoms with E-state index in [-0.39, 0.29) is 11.7 Å². The molecule has 1 aromatic rings. The van der Waals surface area contributed by atoms with Crippen LogP contribution in [0, 0.1) is 5.92 Å². The summed E-state index contributed by atoms with van der Waals surface area (Å²) in [7, 11) is -3.44. The number of hydrogen-bond donors (Lipinski definition) is 3. The maximum absolute atomic E-state index is 13.0. The Morgan fingerprint density at radius 2 is 1.71 bits per heavy atom. The number of nitrogens with one attached hydrogen (secondary N) is 2. The van der Waals surface area contributed by atoms with Crippen LogP contribution in [0.1, 0.15) is 56.1 Å². The summed E-state index contributed by atoms with van der Waals surface area (Å²) in [6.07, 6.45) is 6.50. The first-order chi connectivity index (χ1) is 16.3. The molecule has 186 valence electrons. The van der Waals surface area contributed by atoms with Crippen molar-refractivity contribution in [2.45, 2.75) is 63.3 Å². The Balaban J connectivity index is 1.28. The van der Waals surface area contributed by atoms with Crippen LogP contribution in [0.15, 0.2) is 29.3 Å². The molecule has 2 aliphatic heterocycles. The number of benzene rings is 1. The minimum Gasteiger partial charge on any atom is -0.465 e. The Labute approximate surface area is 201 Å². The molecule has 9 nitrogen and oxygen atoms in total. The van der Waals surface area contributed by atoms with Crippen LogP contribution < -0.4 is 10.6 Å². The van der Waals surface area contributed by atoms with Crippen LogP contribution in [-0.2, 0) is 27.7 Å². The minimum atomic E-state index is -3.44. The summed E-state index contributed by atoms with van der Waals surface area (Å²) < 4.78 is 27.4. The number of aryl methyl sites for hydroxylation is 1. The van der Waals surface area contributed by atoms with Gasteiger partial charge in [0.1, 0.15) is 11.4 Å². The van der Waals surface area contributed by atoms with Crippen molar-refractivity contribution >= 4 is 27.9 Å². The van der Waals surface area contributed by atoms with Gasteiger partial charge in [-0.05, 0) is 49.7 Å². The largest absolute Gasteiger partial charge is 0.465 e. The monoisotopic (exact) mass is 490 g/mol. The van der Waals surface area contributed by atoms with E-state index in [0.29, 0.717) is 51.2 Å².